The molecular weight excluding hydrogens is 262 g/mol. The Labute approximate surface area is 125 Å². The molecule has 2 aromatic rings. The number of ether oxygens (including phenoxy) is 1. The maximum absolute atomic E-state index is 5.73. The molecule has 1 fully saturated rings. The number of rotatable bonds is 5. The molecule has 110 valence electrons. The van der Waals surface area contributed by atoms with Gasteiger partial charge in [0.15, 0.2) is 5.82 Å². The van der Waals surface area contributed by atoms with E-state index in [4.69, 9.17) is 9.72 Å². The van der Waals surface area contributed by atoms with Crippen LogP contribution in [0.15, 0.2) is 36.4 Å². The van der Waals surface area contributed by atoms with Gasteiger partial charge in [-0.15, -0.1) is 0 Å². The predicted octanol–water partition coefficient (Wildman–Crippen LogP) is 3.60. The number of anilines is 1. The molecule has 3 rings (SSSR count). The molecule has 1 N–H and O–H groups in total. The summed E-state index contributed by atoms with van der Waals surface area (Å²) in [6.07, 6.45) is 3.16. The van der Waals surface area contributed by atoms with Crippen LogP contribution in [0.2, 0.25) is 0 Å². The maximum atomic E-state index is 5.73. The molecule has 0 radical (unpaired) electrons. The van der Waals surface area contributed by atoms with Crippen molar-refractivity contribution in [3.8, 4) is 11.3 Å². The van der Waals surface area contributed by atoms with E-state index in [2.05, 4.69) is 29.4 Å². The number of methoxy groups -OCH3 is 1. The third kappa shape index (κ3) is 2.63. The van der Waals surface area contributed by atoms with E-state index in [1.807, 2.05) is 24.3 Å². The van der Waals surface area contributed by atoms with Crippen molar-refractivity contribution in [3.05, 3.63) is 42.2 Å². The summed E-state index contributed by atoms with van der Waals surface area (Å²) in [6.45, 7) is 2.91. The third-order valence-electron chi connectivity index (χ3n) is 4.11. The molecule has 1 heterocycles. The summed E-state index contributed by atoms with van der Waals surface area (Å²) in [5.41, 5.74) is 1.75. The summed E-state index contributed by atoms with van der Waals surface area (Å²) in [4.78, 5) is 9.44. The summed E-state index contributed by atoms with van der Waals surface area (Å²) in [5, 5.41) is 3.30. The van der Waals surface area contributed by atoms with Crippen LogP contribution in [-0.4, -0.2) is 23.6 Å². The summed E-state index contributed by atoms with van der Waals surface area (Å²) < 4.78 is 5.73. The third-order valence-corrected chi connectivity index (χ3v) is 4.11. The van der Waals surface area contributed by atoms with Crippen LogP contribution in [0.3, 0.4) is 0 Å². The van der Waals surface area contributed by atoms with E-state index in [-0.39, 0.29) is 5.60 Å². The molecule has 1 aliphatic carbocycles. The normalized spacial score (nSPS) is 16.3. The molecule has 0 aliphatic heterocycles. The largest absolute Gasteiger partial charge is 0.370 e. The minimum Gasteiger partial charge on any atom is -0.370 e. The van der Waals surface area contributed by atoms with Crippen LogP contribution in [0.4, 0.5) is 5.82 Å². The lowest BCUT2D eigenvalue weighted by Crippen LogP contribution is -2.38. The predicted molar refractivity (Wildman–Crippen MR) is 84.2 cm³/mol. The van der Waals surface area contributed by atoms with Crippen LogP contribution in [0.25, 0.3) is 11.3 Å². The molecule has 4 nitrogen and oxygen atoms in total. The van der Waals surface area contributed by atoms with Crippen molar-refractivity contribution in [2.45, 2.75) is 31.8 Å². The van der Waals surface area contributed by atoms with E-state index in [9.17, 15) is 0 Å². The standard InChI is InChI=1S/C17H21N3O/c1-3-18-15-12-14(13-8-5-4-6-9-13)19-16(20-15)17(21-2)10-7-11-17/h4-6,8-9,12H,3,7,10-11H2,1-2H3,(H,18,19,20). The Morgan fingerprint density at radius 1 is 1.19 bits per heavy atom. The van der Waals surface area contributed by atoms with Crippen molar-refractivity contribution in [2.75, 3.05) is 19.0 Å². The van der Waals surface area contributed by atoms with Gasteiger partial charge in [-0.3, -0.25) is 0 Å². The Balaban J connectivity index is 2.06. The van der Waals surface area contributed by atoms with Crippen molar-refractivity contribution in [1.82, 2.24) is 9.97 Å². The van der Waals surface area contributed by atoms with E-state index >= 15 is 0 Å². The highest BCUT2D eigenvalue weighted by molar-refractivity contribution is 5.62. The fourth-order valence-electron chi connectivity index (χ4n) is 2.70. The summed E-state index contributed by atoms with van der Waals surface area (Å²) in [5.74, 6) is 1.67. The second kappa shape index (κ2) is 5.82. The lowest BCUT2D eigenvalue weighted by atomic mass is 9.79. The number of hydrogen-bond acceptors (Lipinski definition) is 4. The minimum absolute atomic E-state index is 0.297. The zero-order valence-corrected chi connectivity index (χ0v) is 12.6. The number of benzene rings is 1. The van der Waals surface area contributed by atoms with Crippen molar-refractivity contribution in [3.63, 3.8) is 0 Å². The second-order valence-electron chi connectivity index (χ2n) is 5.41. The fourth-order valence-corrected chi connectivity index (χ4v) is 2.70. The Bertz CT molecular complexity index is 603. The van der Waals surface area contributed by atoms with Gasteiger partial charge in [-0.1, -0.05) is 30.3 Å². The molecule has 1 aromatic heterocycles. The van der Waals surface area contributed by atoms with Gasteiger partial charge in [-0.25, -0.2) is 9.97 Å². The summed E-state index contributed by atoms with van der Waals surface area (Å²) in [7, 11) is 1.75. The van der Waals surface area contributed by atoms with E-state index < -0.39 is 0 Å². The van der Waals surface area contributed by atoms with Crippen LogP contribution in [0.5, 0.6) is 0 Å². The molecule has 21 heavy (non-hydrogen) atoms. The Hall–Kier alpha value is -1.94. The SMILES string of the molecule is CCNc1cc(-c2ccccc2)nc(C2(OC)CCC2)n1. The first-order valence-electron chi connectivity index (χ1n) is 7.51. The minimum atomic E-state index is -0.297. The highest BCUT2D eigenvalue weighted by Crippen LogP contribution is 2.43. The van der Waals surface area contributed by atoms with Crippen molar-refractivity contribution >= 4 is 5.82 Å². The molecule has 0 unspecified atom stereocenters. The number of aromatic nitrogens is 2. The van der Waals surface area contributed by atoms with E-state index in [0.717, 1.165) is 42.3 Å². The Kier molecular flexibility index (Phi) is 3.88. The van der Waals surface area contributed by atoms with Gasteiger partial charge in [-0.2, -0.15) is 0 Å². The highest BCUT2D eigenvalue weighted by Gasteiger charge is 2.42. The Morgan fingerprint density at radius 2 is 1.95 bits per heavy atom. The second-order valence-corrected chi connectivity index (χ2v) is 5.41. The molecule has 1 aromatic carbocycles. The van der Waals surface area contributed by atoms with Gasteiger partial charge in [0.25, 0.3) is 0 Å². The molecule has 1 aliphatic rings. The molecule has 0 bridgehead atoms. The smallest absolute Gasteiger partial charge is 0.163 e. The molecule has 1 saturated carbocycles. The molecule has 0 atom stereocenters. The molecule has 0 amide bonds. The van der Waals surface area contributed by atoms with Crippen LogP contribution >= 0.6 is 0 Å². The van der Waals surface area contributed by atoms with Gasteiger partial charge in [0.1, 0.15) is 11.4 Å². The molecule has 4 heteroatoms. The van der Waals surface area contributed by atoms with Gasteiger partial charge in [0.05, 0.1) is 5.69 Å². The average Bonchev–Trinajstić information content (AvgIpc) is 2.48. The first-order valence-corrected chi connectivity index (χ1v) is 7.51. The lowest BCUT2D eigenvalue weighted by Gasteiger charge is -2.39. The summed E-state index contributed by atoms with van der Waals surface area (Å²) in [6, 6.07) is 12.2. The van der Waals surface area contributed by atoms with Crippen LogP contribution < -0.4 is 5.32 Å². The fraction of sp³-hybridized carbons (Fsp3) is 0.412. The van der Waals surface area contributed by atoms with Gasteiger partial charge >= 0.3 is 0 Å². The monoisotopic (exact) mass is 283 g/mol. The van der Waals surface area contributed by atoms with Crippen molar-refractivity contribution in [1.29, 1.82) is 0 Å². The molecular formula is C17H21N3O. The van der Waals surface area contributed by atoms with Gasteiger partial charge in [-0.05, 0) is 26.2 Å². The van der Waals surface area contributed by atoms with Crippen molar-refractivity contribution in [2.24, 2.45) is 0 Å². The quantitative estimate of drug-likeness (QED) is 0.910. The zero-order chi connectivity index (χ0) is 14.7. The number of nitrogens with one attached hydrogen (secondary N) is 1. The Morgan fingerprint density at radius 3 is 2.52 bits per heavy atom. The zero-order valence-electron chi connectivity index (χ0n) is 12.6. The van der Waals surface area contributed by atoms with Crippen molar-refractivity contribution < 1.29 is 4.74 Å². The number of nitrogens with zero attached hydrogens (tertiary/aromatic N) is 2. The lowest BCUT2D eigenvalue weighted by molar-refractivity contribution is -0.0844. The first kappa shape index (κ1) is 14.0. The topological polar surface area (TPSA) is 47.0 Å². The van der Waals surface area contributed by atoms with E-state index in [1.54, 1.807) is 7.11 Å². The first-order chi connectivity index (χ1) is 10.3. The molecule has 0 spiro atoms. The van der Waals surface area contributed by atoms with Crippen LogP contribution in [0, 0.1) is 0 Å². The van der Waals surface area contributed by atoms with Crippen LogP contribution in [-0.2, 0) is 10.3 Å². The van der Waals surface area contributed by atoms with Gasteiger partial charge in [0, 0.05) is 25.3 Å². The van der Waals surface area contributed by atoms with Crippen LogP contribution in [0.1, 0.15) is 32.0 Å². The van der Waals surface area contributed by atoms with E-state index in [0.29, 0.717) is 0 Å². The van der Waals surface area contributed by atoms with Gasteiger partial charge < -0.3 is 10.1 Å². The maximum Gasteiger partial charge on any atom is 0.163 e. The van der Waals surface area contributed by atoms with Gasteiger partial charge in [0.2, 0.25) is 0 Å². The van der Waals surface area contributed by atoms with E-state index in [1.165, 1.54) is 6.42 Å². The summed E-state index contributed by atoms with van der Waals surface area (Å²) >= 11 is 0. The number of hydrogen-bond donors (Lipinski definition) is 1. The average molecular weight is 283 g/mol. The highest BCUT2D eigenvalue weighted by atomic mass is 16.5. The molecule has 0 saturated heterocycles.